The van der Waals surface area contributed by atoms with E-state index in [0.717, 1.165) is 0 Å². The molecule has 0 radical (unpaired) electrons. The van der Waals surface area contributed by atoms with Gasteiger partial charge in [-0.25, -0.2) is 0 Å². The molecule has 0 spiro atoms. The van der Waals surface area contributed by atoms with E-state index >= 15 is 0 Å². The molecule has 0 aromatic heterocycles. The SMILES string of the molecule is FC(F)(F)Nc1cccc(Cl)c1. The van der Waals surface area contributed by atoms with Crippen molar-refractivity contribution < 1.29 is 13.2 Å². The van der Waals surface area contributed by atoms with Crippen LogP contribution in [0.25, 0.3) is 0 Å². The van der Waals surface area contributed by atoms with E-state index in [2.05, 4.69) is 0 Å². The van der Waals surface area contributed by atoms with Gasteiger partial charge < -0.3 is 0 Å². The van der Waals surface area contributed by atoms with Crippen LogP contribution in [-0.2, 0) is 0 Å². The molecular weight excluding hydrogens is 191 g/mol. The number of anilines is 1. The molecule has 1 N–H and O–H groups in total. The topological polar surface area (TPSA) is 12.0 Å². The predicted octanol–water partition coefficient (Wildman–Crippen LogP) is 3.27. The summed E-state index contributed by atoms with van der Waals surface area (Å²) < 4.78 is 35.2. The molecule has 5 heteroatoms. The first-order chi connectivity index (χ1) is 5.47. The van der Waals surface area contributed by atoms with Crippen LogP contribution >= 0.6 is 11.6 Å². The van der Waals surface area contributed by atoms with Gasteiger partial charge in [-0.1, -0.05) is 17.7 Å². The van der Waals surface area contributed by atoms with Crippen molar-refractivity contribution in [3.05, 3.63) is 29.3 Å². The van der Waals surface area contributed by atoms with E-state index in [1.807, 2.05) is 0 Å². The Morgan fingerprint density at radius 2 is 1.92 bits per heavy atom. The van der Waals surface area contributed by atoms with Crippen molar-refractivity contribution >= 4 is 17.3 Å². The third-order valence-corrected chi connectivity index (χ3v) is 1.35. The molecule has 0 bridgehead atoms. The fraction of sp³-hybridized carbons (Fsp3) is 0.143. The van der Waals surface area contributed by atoms with Gasteiger partial charge in [-0.15, -0.1) is 0 Å². The molecule has 0 unspecified atom stereocenters. The maximum Gasteiger partial charge on any atom is 0.482 e. The van der Waals surface area contributed by atoms with Crippen molar-refractivity contribution in [3.63, 3.8) is 0 Å². The highest BCUT2D eigenvalue weighted by Gasteiger charge is 2.26. The number of rotatable bonds is 1. The van der Waals surface area contributed by atoms with E-state index < -0.39 is 6.30 Å². The molecule has 0 fully saturated rings. The number of alkyl halides is 3. The summed E-state index contributed by atoms with van der Waals surface area (Å²) in [5.74, 6) is 0. The van der Waals surface area contributed by atoms with Gasteiger partial charge in [0, 0.05) is 10.7 Å². The average Bonchev–Trinajstić information content (AvgIpc) is 1.82. The molecule has 1 aromatic carbocycles. The molecule has 0 saturated carbocycles. The van der Waals surface area contributed by atoms with Crippen LogP contribution in [0, 0.1) is 0 Å². The van der Waals surface area contributed by atoms with E-state index in [4.69, 9.17) is 11.6 Å². The van der Waals surface area contributed by atoms with Gasteiger partial charge in [-0.05, 0) is 18.2 Å². The minimum atomic E-state index is -4.41. The van der Waals surface area contributed by atoms with Crippen LogP contribution in [-0.4, -0.2) is 6.30 Å². The highest BCUT2D eigenvalue weighted by molar-refractivity contribution is 6.30. The van der Waals surface area contributed by atoms with Crippen LogP contribution < -0.4 is 5.32 Å². The molecule has 66 valence electrons. The van der Waals surface area contributed by atoms with E-state index in [9.17, 15) is 13.2 Å². The van der Waals surface area contributed by atoms with Crippen LogP contribution in [0.4, 0.5) is 18.9 Å². The third kappa shape index (κ3) is 3.00. The predicted molar refractivity (Wildman–Crippen MR) is 41.1 cm³/mol. The Morgan fingerprint density at radius 1 is 1.25 bits per heavy atom. The van der Waals surface area contributed by atoms with Gasteiger partial charge in [-0.2, -0.15) is 13.2 Å². The largest absolute Gasteiger partial charge is 0.482 e. The Hall–Kier alpha value is -0.900. The van der Waals surface area contributed by atoms with Crippen LogP contribution in [0.1, 0.15) is 0 Å². The van der Waals surface area contributed by atoms with Gasteiger partial charge in [0.2, 0.25) is 0 Å². The molecule has 0 aliphatic heterocycles. The minimum Gasteiger partial charge on any atom is -0.297 e. The van der Waals surface area contributed by atoms with Crippen molar-refractivity contribution in [1.29, 1.82) is 0 Å². The van der Waals surface area contributed by atoms with E-state index in [0.29, 0.717) is 0 Å². The summed E-state index contributed by atoms with van der Waals surface area (Å²) >= 11 is 5.47. The first-order valence-corrected chi connectivity index (χ1v) is 3.46. The van der Waals surface area contributed by atoms with Gasteiger partial charge in [0.25, 0.3) is 0 Å². The lowest BCUT2D eigenvalue weighted by Gasteiger charge is -2.09. The molecule has 1 aromatic rings. The molecule has 0 aliphatic rings. The molecule has 12 heavy (non-hydrogen) atoms. The number of nitrogens with one attached hydrogen (secondary N) is 1. The van der Waals surface area contributed by atoms with Crippen molar-refractivity contribution in [2.24, 2.45) is 0 Å². The second kappa shape index (κ2) is 3.23. The van der Waals surface area contributed by atoms with Gasteiger partial charge >= 0.3 is 6.30 Å². The number of halogens is 4. The highest BCUT2D eigenvalue weighted by Crippen LogP contribution is 2.21. The van der Waals surface area contributed by atoms with E-state index in [1.54, 1.807) is 0 Å². The van der Waals surface area contributed by atoms with Crippen molar-refractivity contribution in [1.82, 2.24) is 0 Å². The monoisotopic (exact) mass is 195 g/mol. The normalized spacial score (nSPS) is 11.3. The number of benzene rings is 1. The fourth-order valence-corrected chi connectivity index (χ4v) is 0.920. The van der Waals surface area contributed by atoms with Crippen LogP contribution in [0.5, 0.6) is 0 Å². The molecule has 0 saturated heterocycles. The quantitative estimate of drug-likeness (QED) is 0.679. The lowest BCUT2D eigenvalue weighted by atomic mass is 10.3. The number of hydrogen-bond donors (Lipinski definition) is 1. The smallest absolute Gasteiger partial charge is 0.297 e. The van der Waals surface area contributed by atoms with E-state index in [-0.39, 0.29) is 10.7 Å². The highest BCUT2D eigenvalue weighted by atomic mass is 35.5. The third-order valence-electron chi connectivity index (χ3n) is 1.11. The zero-order chi connectivity index (χ0) is 9.19. The molecular formula is C7H5ClF3N. The fourth-order valence-electron chi connectivity index (χ4n) is 0.730. The lowest BCUT2D eigenvalue weighted by Crippen LogP contribution is -2.20. The zero-order valence-electron chi connectivity index (χ0n) is 5.82. The summed E-state index contributed by atoms with van der Waals surface area (Å²) in [6.07, 6.45) is -4.41. The van der Waals surface area contributed by atoms with Crippen molar-refractivity contribution in [2.45, 2.75) is 6.30 Å². The van der Waals surface area contributed by atoms with Gasteiger partial charge in [0.05, 0.1) is 0 Å². The Kier molecular flexibility index (Phi) is 2.47. The maximum absolute atomic E-state index is 11.7. The summed E-state index contributed by atoms with van der Waals surface area (Å²) in [7, 11) is 0. The van der Waals surface area contributed by atoms with Crippen molar-refractivity contribution in [3.8, 4) is 0 Å². The molecule has 0 heterocycles. The van der Waals surface area contributed by atoms with Crippen molar-refractivity contribution in [2.75, 3.05) is 5.32 Å². The number of hydrogen-bond acceptors (Lipinski definition) is 1. The average molecular weight is 196 g/mol. The van der Waals surface area contributed by atoms with E-state index in [1.165, 1.54) is 29.6 Å². The maximum atomic E-state index is 11.7. The molecule has 0 amide bonds. The molecule has 0 aliphatic carbocycles. The summed E-state index contributed by atoms with van der Waals surface area (Å²) in [6, 6.07) is 5.44. The minimum absolute atomic E-state index is 0.0602. The molecule has 1 rings (SSSR count). The van der Waals surface area contributed by atoms with Gasteiger partial charge in [0.15, 0.2) is 0 Å². The Morgan fingerprint density at radius 3 is 2.42 bits per heavy atom. The first kappa shape index (κ1) is 9.19. The summed E-state index contributed by atoms with van der Waals surface area (Å²) in [5.41, 5.74) is -0.0602. The van der Waals surface area contributed by atoms with Crippen LogP contribution in [0.3, 0.4) is 0 Å². The summed E-state index contributed by atoms with van der Waals surface area (Å²) in [6.45, 7) is 0. The lowest BCUT2D eigenvalue weighted by molar-refractivity contribution is -0.0999. The first-order valence-electron chi connectivity index (χ1n) is 3.08. The Balaban J connectivity index is 2.77. The second-order valence-electron chi connectivity index (χ2n) is 2.13. The second-order valence-corrected chi connectivity index (χ2v) is 2.57. The van der Waals surface area contributed by atoms with Crippen LogP contribution in [0.15, 0.2) is 24.3 Å². The molecule has 0 atom stereocenters. The van der Waals surface area contributed by atoms with Gasteiger partial charge in [0.1, 0.15) is 0 Å². The van der Waals surface area contributed by atoms with Gasteiger partial charge in [-0.3, -0.25) is 5.32 Å². The van der Waals surface area contributed by atoms with Crippen LogP contribution in [0.2, 0.25) is 5.02 Å². The summed E-state index contributed by atoms with van der Waals surface area (Å²) in [5, 5.41) is 1.61. The Labute approximate surface area is 72.1 Å². The standard InChI is InChI=1S/C7H5ClF3N/c8-5-2-1-3-6(4-5)12-7(9,10)11/h1-4,12H. The Bertz CT molecular complexity index is 272. The molecule has 1 nitrogen and oxygen atoms in total. The zero-order valence-corrected chi connectivity index (χ0v) is 6.58. The summed E-state index contributed by atoms with van der Waals surface area (Å²) in [4.78, 5) is 0.